The Bertz CT molecular complexity index is 639. The summed E-state index contributed by atoms with van der Waals surface area (Å²) in [5.74, 6) is 0. The van der Waals surface area contributed by atoms with Gasteiger partial charge in [-0.3, -0.25) is 0 Å². The molecule has 0 aromatic carbocycles. The molecule has 0 aromatic heterocycles. The Morgan fingerprint density at radius 1 is 0.441 bits per heavy atom. The molecule has 3 fully saturated rings. The number of hydrogen-bond donors (Lipinski definition) is 11. The second-order valence-electron chi connectivity index (χ2n) is 8.42. The van der Waals surface area contributed by atoms with E-state index < -0.39 is 112 Å². The first-order chi connectivity index (χ1) is 16.0. The molecule has 0 aliphatic carbocycles. The smallest absolute Gasteiger partial charge is 0.186 e. The van der Waals surface area contributed by atoms with Gasteiger partial charge in [0, 0.05) is 0 Å². The molecule has 16 nitrogen and oxygen atoms in total. The molecule has 34 heavy (non-hydrogen) atoms. The fourth-order valence-electron chi connectivity index (χ4n) is 3.84. The van der Waals surface area contributed by atoms with E-state index in [0.29, 0.717) is 0 Å². The van der Waals surface area contributed by atoms with Crippen LogP contribution in [0, 0.1) is 0 Å². The van der Waals surface area contributed by atoms with E-state index in [1.165, 1.54) is 0 Å². The van der Waals surface area contributed by atoms with E-state index >= 15 is 0 Å². The SMILES string of the molecule is OC[C@@H]1O[C@@H](OC[C@@H]2O[C@@H](OC[C@@H]3O[C@@H](O)[C@H](O)[C@H](O)[C@H]3O)[C@H](O)[C@H](O)[C@H]2O)[C@H](O)[C@H](O)[C@H]1O. The van der Waals surface area contributed by atoms with E-state index in [9.17, 15) is 56.2 Å². The molecule has 0 aromatic rings. The lowest BCUT2D eigenvalue weighted by atomic mass is 9.98. The summed E-state index contributed by atoms with van der Waals surface area (Å²) < 4.78 is 26.1. The number of ether oxygens (including phenoxy) is 5. The van der Waals surface area contributed by atoms with Crippen LogP contribution < -0.4 is 0 Å². The molecule has 3 saturated heterocycles. The van der Waals surface area contributed by atoms with Gasteiger partial charge in [-0.2, -0.15) is 0 Å². The minimum atomic E-state index is -1.82. The van der Waals surface area contributed by atoms with Crippen molar-refractivity contribution in [1.82, 2.24) is 0 Å². The second-order valence-corrected chi connectivity index (χ2v) is 8.42. The quantitative estimate of drug-likeness (QED) is 0.154. The van der Waals surface area contributed by atoms with Crippen molar-refractivity contribution in [2.75, 3.05) is 19.8 Å². The van der Waals surface area contributed by atoms with E-state index in [0.717, 1.165) is 0 Å². The highest BCUT2D eigenvalue weighted by Crippen LogP contribution is 2.27. The molecule has 0 amide bonds. The lowest BCUT2D eigenvalue weighted by Gasteiger charge is -2.43. The third kappa shape index (κ3) is 5.68. The van der Waals surface area contributed by atoms with Gasteiger partial charge in [0.15, 0.2) is 18.9 Å². The molecule has 0 bridgehead atoms. The third-order valence-electron chi connectivity index (χ3n) is 6.05. The van der Waals surface area contributed by atoms with E-state index in [4.69, 9.17) is 23.7 Å². The van der Waals surface area contributed by atoms with Crippen LogP contribution in [0.15, 0.2) is 0 Å². The van der Waals surface area contributed by atoms with E-state index in [1.807, 2.05) is 0 Å². The molecule has 3 heterocycles. The highest BCUT2D eigenvalue weighted by Gasteiger charge is 2.48. The maximum absolute atomic E-state index is 10.2. The van der Waals surface area contributed by atoms with Crippen LogP contribution >= 0.6 is 0 Å². The Kier molecular flexibility index (Phi) is 9.54. The van der Waals surface area contributed by atoms with Crippen LogP contribution in [-0.2, 0) is 23.7 Å². The number of hydrogen-bond acceptors (Lipinski definition) is 16. The van der Waals surface area contributed by atoms with Crippen LogP contribution in [0.1, 0.15) is 0 Å². The standard InChI is InChI=1S/C18H32O16/c19-1-4-7(20)11(24)14(27)17(33-4)31-3-6-9(22)12(25)15(28)18(34-6)30-2-5-8(21)10(23)13(26)16(29)32-5/h4-29H,1-3H2/t4-,5-,6-,7-,8-,9-,10+,11+,12+,13+,14+,15+,16+,17+,18+/m0/s1. The maximum atomic E-state index is 10.2. The summed E-state index contributed by atoms with van der Waals surface area (Å²) >= 11 is 0. The van der Waals surface area contributed by atoms with Crippen molar-refractivity contribution in [3.63, 3.8) is 0 Å². The van der Waals surface area contributed by atoms with Crippen LogP contribution in [0.2, 0.25) is 0 Å². The van der Waals surface area contributed by atoms with Gasteiger partial charge in [0.25, 0.3) is 0 Å². The summed E-state index contributed by atoms with van der Waals surface area (Å²) in [7, 11) is 0. The summed E-state index contributed by atoms with van der Waals surface area (Å²) in [4.78, 5) is 0. The molecule has 0 radical (unpaired) electrons. The van der Waals surface area contributed by atoms with Crippen LogP contribution in [-0.4, -0.2) is 168 Å². The number of aliphatic hydroxyl groups excluding tert-OH is 11. The zero-order valence-electron chi connectivity index (χ0n) is 17.7. The lowest BCUT2D eigenvalue weighted by molar-refractivity contribution is -0.340. The summed E-state index contributed by atoms with van der Waals surface area (Å²) in [5, 5.41) is 108. The summed E-state index contributed by atoms with van der Waals surface area (Å²) in [5.41, 5.74) is 0. The Labute approximate surface area is 192 Å². The van der Waals surface area contributed by atoms with Crippen molar-refractivity contribution >= 4 is 0 Å². The maximum Gasteiger partial charge on any atom is 0.186 e. The van der Waals surface area contributed by atoms with Crippen molar-refractivity contribution in [2.45, 2.75) is 92.1 Å². The fraction of sp³-hybridized carbons (Fsp3) is 1.00. The van der Waals surface area contributed by atoms with E-state index in [2.05, 4.69) is 0 Å². The molecule has 0 saturated carbocycles. The Balaban J connectivity index is 1.58. The van der Waals surface area contributed by atoms with Crippen LogP contribution in [0.5, 0.6) is 0 Å². The lowest BCUT2D eigenvalue weighted by Crippen LogP contribution is -2.62. The molecule has 3 aliphatic heterocycles. The zero-order chi connectivity index (χ0) is 25.3. The molecule has 0 unspecified atom stereocenters. The van der Waals surface area contributed by atoms with Gasteiger partial charge in [0.05, 0.1) is 19.8 Å². The van der Waals surface area contributed by atoms with Crippen LogP contribution in [0.3, 0.4) is 0 Å². The van der Waals surface area contributed by atoms with Crippen LogP contribution in [0.4, 0.5) is 0 Å². The Morgan fingerprint density at radius 3 is 1.29 bits per heavy atom. The largest absolute Gasteiger partial charge is 0.394 e. The van der Waals surface area contributed by atoms with Gasteiger partial charge in [-0.1, -0.05) is 0 Å². The topological polar surface area (TPSA) is 269 Å². The average Bonchev–Trinajstić information content (AvgIpc) is 2.82. The van der Waals surface area contributed by atoms with Crippen molar-refractivity contribution in [3.05, 3.63) is 0 Å². The molecular formula is C18H32O16. The summed E-state index contributed by atoms with van der Waals surface area (Å²) in [6.07, 6.45) is -24.4. The predicted octanol–water partition coefficient (Wildman–Crippen LogP) is -7.57. The monoisotopic (exact) mass is 504 g/mol. The van der Waals surface area contributed by atoms with Gasteiger partial charge in [0.2, 0.25) is 0 Å². The molecule has 11 N–H and O–H groups in total. The van der Waals surface area contributed by atoms with Gasteiger partial charge in [-0.05, 0) is 0 Å². The number of rotatable bonds is 7. The molecule has 16 heteroatoms. The second kappa shape index (κ2) is 11.6. The average molecular weight is 504 g/mol. The normalized spacial score (nSPS) is 52.5. The van der Waals surface area contributed by atoms with Gasteiger partial charge >= 0.3 is 0 Å². The van der Waals surface area contributed by atoms with Gasteiger partial charge in [-0.25, -0.2) is 0 Å². The minimum absolute atomic E-state index is 0.570. The highest BCUT2D eigenvalue weighted by atomic mass is 16.7. The van der Waals surface area contributed by atoms with E-state index in [-0.39, 0.29) is 0 Å². The van der Waals surface area contributed by atoms with Gasteiger partial charge < -0.3 is 79.9 Å². The van der Waals surface area contributed by atoms with Gasteiger partial charge in [-0.15, -0.1) is 0 Å². The molecule has 200 valence electrons. The number of aliphatic hydroxyl groups is 11. The summed E-state index contributed by atoms with van der Waals surface area (Å²) in [6, 6.07) is 0. The third-order valence-corrected chi connectivity index (χ3v) is 6.05. The first-order valence-corrected chi connectivity index (χ1v) is 10.6. The van der Waals surface area contributed by atoms with Crippen molar-refractivity contribution in [1.29, 1.82) is 0 Å². The fourth-order valence-corrected chi connectivity index (χ4v) is 3.84. The highest BCUT2D eigenvalue weighted by molar-refractivity contribution is 4.92. The van der Waals surface area contributed by atoms with Gasteiger partial charge in [0.1, 0.15) is 73.2 Å². The Hall–Kier alpha value is -0.640. The van der Waals surface area contributed by atoms with E-state index in [1.54, 1.807) is 0 Å². The van der Waals surface area contributed by atoms with Crippen molar-refractivity contribution < 1.29 is 79.9 Å². The van der Waals surface area contributed by atoms with Crippen molar-refractivity contribution in [2.24, 2.45) is 0 Å². The molecule has 15 atom stereocenters. The first kappa shape index (κ1) is 27.9. The molecular weight excluding hydrogens is 472 g/mol. The van der Waals surface area contributed by atoms with Crippen LogP contribution in [0.25, 0.3) is 0 Å². The summed E-state index contributed by atoms with van der Waals surface area (Å²) in [6.45, 7) is -1.84. The zero-order valence-corrected chi connectivity index (χ0v) is 17.7. The minimum Gasteiger partial charge on any atom is -0.394 e. The van der Waals surface area contributed by atoms with Crippen molar-refractivity contribution in [3.8, 4) is 0 Å². The molecule has 0 spiro atoms. The molecule has 3 rings (SSSR count). The predicted molar refractivity (Wildman–Crippen MR) is 101 cm³/mol. The first-order valence-electron chi connectivity index (χ1n) is 10.6. The Morgan fingerprint density at radius 2 is 0.824 bits per heavy atom. The molecule has 3 aliphatic rings.